The lowest BCUT2D eigenvalue weighted by Gasteiger charge is -2.18. The van der Waals surface area contributed by atoms with Crippen LogP contribution in [0.15, 0.2) is 18.2 Å². The van der Waals surface area contributed by atoms with Crippen molar-refractivity contribution in [3.05, 3.63) is 35.1 Å². The number of rotatable bonds is 4. The molecule has 0 saturated carbocycles. The first-order valence-electron chi connectivity index (χ1n) is 5.07. The zero-order chi connectivity index (χ0) is 12.1. The molecule has 0 saturated heterocycles. The Morgan fingerprint density at radius 2 is 2.19 bits per heavy atom. The fourth-order valence-electron chi connectivity index (χ4n) is 1.63. The molecule has 0 radical (unpaired) electrons. The van der Waals surface area contributed by atoms with E-state index >= 15 is 0 Å². The molecular weight excluding hydrogens is 207 g/mol. The van der Waals surface area contributed by atoms with E-state index in [4.69, 9.17) is 5.26 Å². The zero-order valence-corrected chi connectivity index (χ0v) is 9.44. The first kappa shape index (κ1) is 12.6. The summed E-state index contributed by atoms with van der Waals surface area (Å²) in [6.45, 7) is 2.72. The molecule has 0 spiro atoms. The largest absolute Gasteiger partial charge is 0.392 e. The number of hydrogen-bond donors (Lipinski definition) is 1. The highest BCUT2D eigenvalue weighted by Gasteiger charge is 2.06. The van der Waals surface area contributed by atoms with Crippen molar-refractivity contribution in [2.24, 2.45) is 0 Å². The first-order valence-corrected chi connectivity index (χ1v) is 5.07. The quantitative estimate of drug-likeness (QED) is 0.840. The van der Waals surface area contributed by atoms with E-state index in [1.807, 2.05) is 18.0 Å². The molecule has 0 aliphatic carbocycles. The number of nitriles is 1. The van der Waals surface area contributed by atoms with Crippen LogP contribution in [0.2, 0.25) is 0 Å². The van der Waals surface area contributed by atoms with Gasteiger partial charge in [-0.15, -0.1) is 0 Å². The Balaban J connectivity index is 2.74. The molecule has 4 heteroatoms. The average molecular weight is 222 g/mol. The molecule has 86 valence electrons. The second-order valence-corrected chi connectivity index (χ2v) is 4.01. The van der Waals surface area contributed by atoms with E-state index in [0.29, 0.717) is 18.7 Å². The van der Waals surface area contributed by atoms with Gasteiger partial charge in [0.2, 0.25) is 0 Å². The van der Waals surface area contributed by atoms with Gasteiger partial charge in [-0.2, -0.15) is 5.26 Å². The number of aliphatic hydroxyl groups is 1. The van der Waals surface area contributed by atoms with Gasteiger partial charge in [-0.05, 0) is 37.7 Å². The maximum atomic E-state index is 13.1. The van der Waals surface area contributed by atoms with Gasteiger partial charge in [-0.25, -0.2) is 4.39 Å². The van der Waals surface area contributed by atoms with Crippen molar-refractivity contribution in [3.8, 4) is 6.07 Å². The van der Waals surface area contributed by atoms with Gasteiger partial charge in [0.1, 0.15) is 5.82 Å². The van der Waals surface area contributed by atoms with Gasteiger partial charge in [0.15, 0.2) is 0 Å². The van der Waals surface area contributed by atoms with Crippen LogP contribution < -0.4 is 0 Å². The lowest BCUT2D eigenvalue weighted by Crippen LogP contribution is -2.26. The minimum Gasteiger partial charge on any atom is -0.392 e. The Morgan fingerprint density at radius 3 is 2.75 bits per heavy atom. The van der Waals surface area contributed by atoms with Gasteiger partial charge in [0.25, 0.3) is 0 Å². The summed E-state index contributed by atoms with van der Waals surface area (Å²) in [5.74, 6) is -0.403. The van der Waals surface area contributed by atoms with Crippen LogP contribution in [-0.2, 0) is 6.54 Å². The van der Waals surface area contributed by atoms with E-state index in [-0.39, 0.29) is 0 Å². The molecular formula is C12H15FN2O. The Morgan fingerprint density at radius 1 is 1.50 bits per heavy atom. The maximum Gasteiger partial charge on any atom is 0.124 e. The predicted octanol–water partition coefficient (Wildman–Crippen LogP) is 1.51. The molecule has 1 rings (SSSR count). The molecule has 0 heterocycles. The fourth-order valence-corrected chi connectivity index (χ4v) is 1.63. The number of aliphatic hydroxyl groups excluding tert-OH is 1. The van der Waals surface area contributed by atoms with Gasteiger partial charge in [-0.1, -0.05) is 0 Å². The van der Waals surface area contributed by atoms with Gasteiger partial charge in [0, 0.05) is 13.1 Å². The van der Waals surface area contributed by atoms with Crippen molar-refractivity contribution < 1.29 is 9.50 Å². The van der Waals surface area contributed by atoms with Crippen LogP contribution in [0.5, 0.6) is 0 Å². The van der Waals surface area contributed by atoms with Crippen molar-refractivity contribution in [2.45, 2.75) is 19.6 Å². The van der Waals surface area contributed by atoms with Crippen LogP contribution in [0.1, 0.15) is 18.1 Å². The molecule has 0 aliphatic rings. The molecule has 1 aromatic carbocycles. The highest BCUT2D eigenvalue weighted by molar-refractivity contribution is 5.33. The van der Waals surface area contributed by atoms with E-state index in [1.54, 1.807) is 13.0 Å². The molecule has 3 nitrogen and oxygen atoms in total. The second-order valence-electron chi connectivity index (χ2n) is 4.01. The minimum atomic E-state index is -0.422. The van der Waals surface area contributed by atoms with Crippen molar-refractivity contribution in [1.82, 2.24) is 4.90 Å². The van der Waals surface area contributed by atoms with E-state index < -0.39 is 11.9 Å². The van der Waals surface area contributed by atoms with Gasteiger partial charge < -0.3 is 5.11 Å². The lowest BCUT2D eigenvalue weighted by molar-refractivity contribution is 0.138. The Bertz CT molecular complexity index is 398. The Kier molecular flexibility index (Phi) is 4.41. The minimum absolute atomic E-state index is 0.320. The van der Waals surface area contributed by atoms with Crippen LogP contribution in [0.25, 0.3) is 0 Å². The topological polar surface area (TPSA) is 47.3 Å². The third-order valence-corrected chi connectivity index (χ3v) is 2.12. The molecule has 0 amide bonds. The summed E-state index contributed by atoms with van der Waals surface area (Å²) in [5, 5.41) is 17.9. The van der Waals surface area contributed by atoms with Crippen LogP contribution >= 0.6 is 0 Å². The summed E-state index contributed by atoms with van der Waals surface area (Å²) in [7, 11) is 1.84. The Hall–Kier alpha value is -1.44. The number of nitrogens with zero attached hydrogens (tertiary/aromatic N) is 2. The van der Waals surface area contributed by atoms with Crippen LogP contribution in [0.3, 0.4) is 0 Å². The molecule has 0 fully saturated rings. The van der Waals surface area contributed by atoms with Crippen molar-refractivity contribution in [3.63, 3.8) is 0 Å². The molecule has 16 heavy (non-hydrogen) atoms. The first-order chi connectivity index (χ1) is 7.51. The van der Waals surface area contributed by atoms with E-state index in [9.17, 15) is 9.50 Å². The van der Waals surface area contributed by atoms with E-state index in [0.717, 1.165) is 5.56 Å². The maximum absolute atomic E-state index is 13.1. The second kappa shape index (κ2) is 5.59. The van der Waals surface area contributed by atoms with E-state index in [2.05, 4.69) is 0 Å². The predicted molar refractivity (Wildman–Crippen MR) is 59.1 cm³/mol. The molecule has 0 aliphatic heterocycles. The molecule has 1 atom stereocenters. The molecule has 1 N–H and O–H groups in total. The normalized spacial score (nSPS) is 12.5. The summed E-state index contributed by atoms with van der Waals surface area (Å²) >= 11 is 0. The number of likely N-dealkylation sites (N-methyl/N-ethyl adjacent to an activating group) is 1. The van der Waals surface area contributed by atoms with Crippen molar-refractivity contribution >= 4 is 0 Å². The van der Waals surface area contributed by atoms with Crippen LogP contribution in [0, 0.1) is 17.1 Å². The number of benzene rings is 1. The lowest BCUT2D eigenvalue weighted by atomic mass is 10.1. The molecule has 1 unspecified atom stereocenters. The highest BCUT2D eigenvalue weighted by atomic mass is 19.1. The van der Waals surface area contributed by atoms with Gasteiger partial charge in [0.05, 0.1) is 17.7 Å². The summed E-state index contributed by atoms with van der Waals surface area (Å²) in [5.41, 5.74) is 1.06. The van der Waals surface area contributed by atoms with Crippen molar-refractivity contribution in [1.29, 1.82) is 5.26 Å². The summed E-state index contributed by atoms with van der Waals surface area (Å²) < 4.78 is 13.1. The number of halogens is 1. The summed E-state index contributed by atoms with van der Waals surface area (Å²) in [4.78, 5) is 1.88. The molecule has 1 aromatic rings. The Labute approximate surface area is 94.7 Å². The monoisotopic (exact) mass is 222 g/mol. The van der Waals surface area contributed by atoms with Crippen LogP contribution in [-0.4, -0.2) is 29.7 Å². The fraction of sp³-hybridized carbons (Fsp3) is 0.417. The SMILES string of the molecule is CC(O)CN(C)Cc1cc(F)cc(C#N)c1. The third-order valence-electron chi connectivity index (χ3n) is 2.12. The molecule has 0 aromatic heterocycles. The third kappa shape index (κ3) is 3.97. The standard InChI is InChI=1S/C12H15FN2O/c1-9(16)7-15(2)8-11-3-10(6-14)4-12(13)5-11/h3-5,9,16H,7-8H2,1-2H3. The van der Waals surface area contributed by atoms with Crippen LogP contribution in [0.4, 0.5) is 4.39 Å². The number of hydrogen-bond acceptors (Lipinski definition) is 3. The summed E-state index contributed by atoms with van der Waals surface area (Å²) in [6.07, 6.45) is -0.422. The highest BCUT2D eigenvalue weighted by Crippen LogP contribution is 2.10. The van der Waals surface area contributed by atoms with Gasteiger partial charge >= 0.3 is 0 Å². The average Bonchev–Trinajstić information content (AvgIpc) is 2.14. The van der Waals surface area contributed by atoms with E-state index in [1.165, 1.54) is 12.1 Å². The molecule has 0 bridgehead atoms. The zero-order valence-electron chi connectivity index (χ0n) is 9.44. The van der Waals surface area contributed by atoms with Gasteiger partial charge in [-0.3, -0.25) is 4.90 Å². The smallest absolute Gasteiger partial charge is 0.124 e. The summed E-state index contributed by atoms with van der Waals surface area (Å²) in [6, 6.07) is 6.18. The van der Waals surface area contributed by atoms with Crippen molar-refractivity contribution in [2.75, 3.05) is 13.6 Å².